The van der Waals surface area contributed by atoms with Crippen LogP contribution in [0.1, 0.15) is 20.3 Å². The van der Waals surface area contributed by atoms with Gasteiger partial charge in [-0.15, -0.1) is 3.89 Å². The van der Waals surface area contributed by atoms with Crippen molar-refractivity contribution in [1.29, 1.82) is 0 Å². The maximum Gasteiger partial charge on any atom is 0.306 e. The summed E-state index contributed by atoms with van der Waals surface area (Å²) in [5.74, 6) is -1.22. The number of ether oxygens (including phenoxy) is 1. The van der Waals surface area contributed by atoms with Crippen molar-refractivity contribution in [2.45, 2.75) is 26.4 Å². The number of carbonyl (C=O) groups excluding carboxylic acids is 1. The Morgan fingerprint density at radius 1 is 1.62 bits per heavy atom. The van der Waals surface area contributed by atoms with E-state index >= 15 is 0 Å². The molecule has 0 N–H and O–H groups in total. The molecule has 1 rings (SSSR count). The van der Waals surface area contributed by atoms with Gasteiger partial charge in [0.05, 0.1) is 6.42 Å². The molecule has 13 heavy (non-hydrogen) atoms. The summed E-state index contributed by atoms with van der Waals surface area (Å²) in [6, 6.07) is 0. The van der Waals surface area contributed by atoms with E-state index < -0.39 is 33.5 Å². The Kier molecular flexibility index (Phi) is 2.36. The van der Waals surface area contributed by atoms with E-state index in [1.807, 2.05) is 0 Å². The molecular formula is C7H11FO4S. The van der Waals surface area contributed by atoms with E-state index in [-0.39, 0.29) is 6.42 Å². The summed E-state index contributed by atoms with van der Waals surface area (Å²) in [7, 11) is -4.58. The topological polar surface area (TPSA) is 60.4 Å². The summed E-state index contributed by atoms with van der Waals surface area (Å²) in [6.45, 7) is 3.35. The van der Waals surface area contributed by atoms with Crippen LogP contribution < -0.4 is 0 Å². The highest BCUT2D eigenvalue weighted by molar-refractivity contribution is 7.86. The van der Waals surface area contributed by atoms with E-state index in [0.717, 1.165) is 0 Å². The monoisotopic (exact) mass is 210 g/mol. The number of rotatable bonds is 2. The van der Waals surface area contributed by atoms with Crippen molar-refractivity contribution in [3.8, 4) is 0 Å². The van der Waals surface area contributed by atoms with E-state index in [0.29, 0.717) is 0 Å². The molecule has 0 bridgehead atoms. The number of hydrogen-bond acceptors (Lipinski definition) is 4. The van der Waals surface area contributed by atoms with Crippen molar-refractivity contribution in [2.24, 2.45) is 5.41 Å². The van der Waals surface area contributed by atoms with E-state index in [2.05, 4.69) is 0 Å². The van der Waals surface area contributed by atoms with Gasteiger partial charge in [0.2, 0.25) is 0 Å². The van der Waals surface area contributed by atoms with Crippen LogP contribution in [0.15, 0.2) is 0 Å². The second kappa shape index (κ2) is 2.94. The summed E-state index contributed by atoms with van der Waals surface area (Å²) < 4.78 is 37.6. The van der Waals surface area contributed by atoms with Crippen LogP contribution in [0.5, 0.6) is 0 Å². The van der Waals surface area contributed by atoms with Crippen molar-refractivity contribution in [3.05, 3.63) is 0 Å². The molecule has 0 spiro atoms. The van der Waals surface area contributed by atoms with Crippen LogP contribution in [0.2, 0.25) is 0 Å². The quantitative estimate of drug-likeness (QED) is 0.495. The lowest BCUT2D eigenvalue weighted by molar-refractivity contribution is -0.140. The molecule has 4 nitrogen and oxygen atoms in total. The van der Waals surface area contributed by atoms with Gasteiger partial charge in [-0.1, -0.05) is 13.8 Å². The maximum atomic E-state index is 12.3. The lowest BCUT2D eigenvalue weighted by Crippen LogP contribution is -2.30. The highest BCUT2D eigenvalue weighted by Gasteiger charge is 2.44. The minimum absolute atomic E-state index is 0.132. The second-order valence-electron chi connectivity index (χ2n) is 3.85. The zero-order valence-electron chi connectivity index (χ0n) is 7.41. The first kappa shape index (κ1) is 10.4. The molecule has 1 heterocycles. The zero-order chi connectivity index (χ0) is 10.3. The van der Waals surface area contributed by atoms with Gasteiger partial charge in [-0.2, -0.15) is 8.42 Å². The number of halogens is 1. The first-order chi connectivity index (χ1) is 5.71. The molecular weight excluding hydrogens is 199 g/mol. The Morgan fingerprint density at radius 2 is 2.15 bits per heavy atom. The van der Waals surface area contributed by atoms with Crippen LogP contribution in [0.3, 0.4) is 0 Å². The normalized spacial score (nSPS) is 27.3. The lowest BCUT2D eigenvalue weighted by atomic mass is 9.86. The molecule has 1 aliphatic heterocycles. The molecule has 0 aromatic heterocycles. The summed E-state index contributed by atoms with van der Waals surface area (Å²) in [5.41, 5.74) is -0.601. The molecule has 6 heteroatoms. The number of hydrogen-bond donors (Lipinski definition) is 0. The van der Waals surface area contributed by atoms with E-state index in [9.17, 15) is 17.1 Å². The molecule has 1 fully saturated rings. The van der Waals surface area contributed by atoms with Crippen molar-refractivity contribution in [2.75, 3.05) is 5.75 Å². The summed E-state index contributed by atoms with van der Waals surface area (Å²) in [4.78, 5) is 10.8. The van der Waals surface area contributed by atoms with Gasteiger partial charge >= 0.3 is 16.2 Å². The predicted octanol–water partition coefficient (Wildman–Crippen LogP) is 0.627. The summed E-state index contributed by atoms with van der Waals surface area (Å²) >= 11 is 0. The van der Waals surface area contributed by atoms with Crippen LogP contribution in [-0.2, 0) is 19.8 Å². The van der Waals surface area contributed by atoms with Crippen LogP contribution in [-0.4, -0.2) is 26.2 Å². The molecule has 1 atom stereocenters. The van der Waals surface area contributed by atoms with Gasteiger partial charge in [-0.05, 0) is 0 Å². The predicted molar refractivity (Wildman–Crippen MR) is 43.2 cm³/mol. The maximum absolute atomic E-state index is 12.3. The Labute approximate surface area is 76.3 Å². The Morgan fingerprint density at radius 3 is 2.46 bits per heavy atom. The Hall–Kier alpha value is -0.650. The van der Waals surface area contributed by atoms with Crippen molar-refractivity contribution in [1.82, 2.24) is 0 Å². The highest BCUT2D eigenvalue weighted by atomic mass is 32.3. The first-order valence-corrected chi connectivity index (χ1v) is 5.38. The molecule has 0 radical (unpaired) electrons. The third-order valence-corrected chi connectivity index (χ3v) is 2.80. The van der Waals surface area contributed by atoms with Gasteiger partial charge in [-0.3, -0.25) is 4.79 Å². The molecule has 0 aromatic rings. The number of carbonyl (C=O) groups is 1. The largest absolute Gasteiger partial charge is 0.461 e. The van der Waals surface area contributed by atoms with Crippen molar-refractivity contribution in [3.63, 3.8) is 0 Å². The smallest absolute Gasteiger partial charge is 0.306 e. The van der Waals surface area contributed by atoms with E-state index in [4.69, 9.17) is 4.74 Å². The fourth-order valence-electron chi connectivity index (χ4n) is 1.29. The third kappa shape index (κ3) is 2.65. The second-order valence-corrected chi connectivity index (χ2v) is 5.26. The molecule has 1 saturated heterocycles. The van der Waals surface area contributed by atoms with Gasteiger partial charge in [0, 0.05) is 5.41 Å². The fraction of sp³-hybridized carbons (Fsp3) is 0.857. The average Bonchev–Trinajstić information content (AvgIpc) is 2.00. The minimum Gasteiger partial charge on any atom is -0.461 e. The van der Waals surface area contributed by atoms with Gasteiger partial charge in [0.25, 0.3) is 0 Å². The molecule has 0 saturated carbocycles. The molecule has 0 aliphatic carbocycles. The highest BCUT2D eigenvalue weighted by Crippen LogP contribution is 2.35. The Balaban J connectivity index is 2.77. The van der Waals surface area contributed by atoms with Crippen LogP contribution >= 0.6 is 0 Å². The Bertz CT molecular complexity index is 319. The molecule has 0 amide bonds. The zero-order valence-corrected chi connectivity index (χ0v) is 8.23. The molecule has 76 valence electrons. The van der Waals surface area contributed by atoms with Crippen molar-refractivity contribution >= 4 is 16.2 Å². The first-order valence-electron chi connectivity index (χ1n) is 3.82. The molecule has 1 aliphatic rings. The SMILES string of the molecule is CC1(C)CC(=O)OC1CS(=O)(=O)F. The van der Waals surface area contributed by atoms with Crippen LogP contribution in [0.4, 0.5) is 3.89 Å². The number of cyclic esters (lactones) is 1. The number of esters is 1. The molecule has 1 unspecified atom stereocenters. The minimum atomic E-state index is -4.58. The summed E-state index contributed by atoms with van der Waals surface area (Å²) in [6.07, 6.45) is -0.734. The standard InChI is InChI=1S/C7H11FO4S/c1-7(2)3-6(9)12-5(7)4-13(8,10)11/h5H,3-4H2,1-2H3. The average molecular weight is 210 g/mol. The van der Waals surface area contributed by atoms with Gasteiger partial charge < -0.3 is 4.74 Å². The summed E-state index contributed by atoms with van der Waals surface area (Å²) in [5, 5.41) is 0. The molecule has 0 aromatic carbocycles. The van der Waals surface area contributed by atoms with Gasteiger partial charge in [-0.25, -0.2) is 0 Å². The van der Waals surface area contributed by atoms with Gasteiger partial charge in [0.1, 0.15) is 11.9 Å². The van der Waals surface area contributed by atoms with Crippen molar-refractivity contribution < 1.29 is 21.8 Å². The van der Waals surface area contributed by atoms with E-state index in [1.54, 1.807) is 13.8 Å². The van der Waals surface area contributed by atoms with Crippen LogP contribution in [0, 0.1) is 5.41 Å². The fourth-order valence-corrected chi connectivity index (χ4v) is 2.17. The van der Waals surface area contributed by atoms with Crippen LogP contribution in [0.25, 0.3) is 0 Å². The lowest BCUT2D eigenvalue weighted by Gasteiger charge is -2.21. The third-order valence-electron chi connectivity index (χ3n) is 2.10. The van der Waals surface area contributed by atoms with Gasteiger partial charge in [0.15, 0.2) is 0 Å². The van der Waals surface area contributed by atoms with E-state index in [1.165, 1.54) is 0 Å².